The average molecular weight is 398 g/mol. The summed E-state index contributed by atoms with van der Waals surface area (Å²) in [7, 11) is 0. The van der Waals surface area contributed by atoms with E-state index < -0.39 is 5.82 Å². The maximum absolute atomic E-state index is 13.8. The van der Waals surface area contributed by atoms with Crippen molar-refractivity contribution in [3.63, 3.8) is 0 Å². The first-order valence-corrected chi connectivity index (χ1v) is 8.90. The van der Waals surface area contributed by atoms with Crippen LogP contribution in [-0.2, 0) is 17.8 Å². The van der Waals surface area contributed by atoms with Gasteiger partial charge < -0.3 is 10.6 Å². The minimum atomic E-state index is -0.511. The third kappa shape index (κ3) is 5.14. The van der Waals surface area contributed by atoms with E-state index in [4.69, 9.17) is 11.6 Å². The van der Waals surface area contributed by atoms with E-state index in [9.17, 15) is 14.0 Å². The molecule has 3 rings (SSSR count). The number of halogens is 2. The van der Waals surface area contributed by atoms with Gasteiger partial charge in [0.25, 0.3) is 5.91 Å². The minimum Gasteiger partial charge on any atom is -0.352 e. The second-order valence-corrected chi connectivity index (χ2v) is 6.45. The van der Waals surface area contributed by atoms with Crippen molar-refractivity contribution in [1.29, 1.82) is 0 Å². The molecule has 2 aromatic carbocycles. The first-order chi connectivity index (χ1) is 13.5. The summed E-state index contributed by atoms with van der Waals surface area (Å²) < 4.78 is 13.8. The molecule has 0 spiro atoms. The van der Waals surface area contributed by atoms with Gasteiger partial charge in [-0.15, -0.1) is 0 Å². The van der Waals surface area contributed by atoms with Crippen LogP contribution in [0.15, 0.2) is 67.0 Å². The maximum Gasteiger partial charge on any atom is 0.255 e. The zero-order chi connectivity index (χ0) is 19.9. The SMILES string of the molecule is O=C(Cc1c(F)cccc1Cl)NCc1cccc(NC(=O)c2ccncc2)c1. The van der Waals surface area contributed by atoms with Gasteiger partial charge in [-0.25, -0.2) is 4.39 Å². The van der Waals surface area contributed by atoms with Gasteiger partial charge in [-0.2, -0.15) is 0 Å². The van der Waals surface area contributed by atoms with Gasteiger partial charge >= 0.3 is 0 Å². The number of amides is 2. The number of anilines is 1. The van der Waals surface area contributed by atoms with Gasteiger partial charge in [-0.3, -0.25) is 14.6 Å². The van der Waals surface area contributed by atoms with E-state index in [1.165, 1.54) is 12.1 Å². The Kier molecular flexibility index (Phi) is 6.34. The third-order valence-corrected chi connectivity index (χ3v) is 4.37. The third-order valence-electron chi connectivity index (χ3n) is 4.02. The molecule has 2 N–H and O–H groups in total. The summed E-state index contributed by atoms with van der Waals surface area (Å²) in [6.07, 6.45) is 2.94. The highest BCUT2D eigenvalue weighted by atomic mass is 35.5. The number of hydrogen-bond donors (Lipinski definition) is 2. The van der Waals surface area contributed by atoms with Gasteiger partial charge in [0, 0.05) is 40.8 Å². The molecule has 0 radical (unpaired) electrons. The summed E-state index contributed by atoms with van der Waals surface area (Å²) >= 11 is 5.95. The van der Waals surface area contributed by atoms with Crippen molar-refractivity contribution in [3.8, 4) is 0 Å². The predicted octanol–water partition coefficient (Wildman–Crippen LogP) is 3.99. The number of carbonyl (C=O) groups excluding carboxylic acids is 2. The molecule has 0 saturated carbocycles. The van der Waals surface area contributed by atoms with Crippen molar-refractivity contribution in [2.24, 2.45) is 0 Å². The van der Waals surface area contributed by atoms with E-state index in [0.29, 0.717) is 11.3 Å². The summed E-state index contributed by atoms with van der Waals surface area (Å²) in [6, 6.07) is 14.6. The van der Waals surface area contributed by atoms with Crippen LogP contribution in [0.1, 0.15) is 21.5 Å². The molecule has 1 heterocycles. The largest absolute Gasteiger partial charge is 0.352 e. The number of hydrogen-bond acceptors (Lipinski definition) is 3. The second-order valence-electron chi connectivity index (χ2n) is 6.04. The number of pyridine rings is 1. The highest BCUT2D eigenvalue weighted by Crippen LogP contribution is 2.19. The lowest BCUT2D eigenvalue weighted by molar-refractivity contribution is -0.120. The Morgan fingerprint density at radius 1 is 1.04 bits per heavy atom. The van der Waals surface area contributed by atoms with Gasteiger partial charge in [-0.1, -0.05) is 29.8 Å². The summed E-state index contributed by atoms with van der Waals surface area (Å²) in [5.41, 5.74) is 2.06. The molecule has 28 heavy (non-hydrogen) atoms. The van der Waals surface area contributed by atoms with E-state index >= 15 is 0 Å². The number of benzene rings is 2. The smallest absolute Gasteiger partial charge is 0.255 e. The van der Waals surface area contributed by atoms with Gasteiger partial charge in [-0.05, 0) is 42.0 Å². The first-order valence-electron chi connectivity index (χ1n) is 8.53. The van der Waals surface area contributed by atoms with Gasteiger partial charge in [0.15, 0.2) is 0 Å². The van der Waals surface area contributed by atoms with Crippen molar-refractivity contribution < 1.29 is 14.0 Å². The molecular formula is C21H17ClFN3O2. The average Bonchev–Trinajstić information content (AvgIpc) is 2.70. The lowest BCUT2D eigenvalue weighted by Gasteiger charge is -2.10. The van der Waals surface area contributed by atoms with Gasteiger partial charge in [0.1, 0.15) is 5.82 Å². The van der Waals surface area contributed by atoms with Gasteiger partial charge in [0.05, 0.1) is 6.42 Å². The van der Waals surface area contributed by atoms with Crippen molar-refractivity contribution in [1.82, 2.24) is 10.3 Å². The Balaban J connectivity index is 1.59. The summed E-state index contributed by atoms with van der Waals surface area (Å²) in [5, 5.41) is 5.74. The fourth-order valence-corrected chi connectivity index (χ4v) is 2.82. The molecule has 7 heteroatoms. The van der Waals surface area contributed by atoms with Crippen LogP contribution in [0.5, 0.6) is 0 Å². The summed E-state index contributed by atoms with van der Waals surface area (Å²) in [4.78, 5) is 28.2. The lowest BCUT2D eigenvalue weighted by Crippen LogP contribution is -2.25. The number of carbonyl (C=O) groups is 2. The molecule has 142 valence electrons. The fourth-order valence-electron chi connectivity index (χ4n) is 2.59. The van der Waals surface area contributed by atoms with Crippen LogP contribution < -0.4 is 10.6 Å². The number of nitrogens with zero attached hydrogens (tertiary/aromatic N) is 1. The zero-order valence-electron chi connectivity index (χ0n) is 14.8. The van der Waals surface area contributed by atoms with E-state index in [1.54, 1.807) is 48.8 Å². The Morgan fingerprint density at radius 2 is 1.79 bits per heavy atom. The molecule has 2 amide bonds. The molecule has 0 unspecified atom stereocenters. The first kappa shape index (κ1) is 19.5. The fraction of sp³-hybridized carbons (Fsp3) is 0.0952. The van der Waals surface area contributed by atoms with Crippen molar-refractivity contribution in [3.05, 3.63) is 94.5 Å². The normalized spacial score (nSPS) is 10.4. The van der Waals surface area contributed by atoms with E-state index in [2.05, 4.69) is 15.6 Å². The topological polar surface area (TPSA) is 71.1 Å². The molecule has 0 atom stereocenters. The molecule has 0 saturated heterocycles. The Bertz CT molecular complexity index is 976. The van der Waals surface area contributed by atoms with Gasteiger partial charge in [0.2, 0.25) is 5.91 Å². The zero-order valence-corrected chi connectivity index (χ0v) is 15.5. The van der Waals surface area contributed by atoms with Crippen LogP contribution in [0.4, 0.5) is 10.1 Å². The number of rotatable bonds is 6. The van der Waals surface area contributed by atoms with Crippen molar-refractivity contribution in [2.75, 3.05) is 5.32 Å². The van der Waals surface area contributed by atoms with Crippen LogP contribution in [0, 0.1) is 5.82 Å². The Morgan fingerprint density at radius 3 is 2.54 bits per heavy atom. The molecule has 1 aromatic heterocycles. The van der Waals surface area contributed by atoms with E-state index in [1.807, 2.05) is 6.07 Å². The number of nitrogens with one attached hydrogen (secondary N) is 2. The number of aromatic nitrogens is 1. The molecule has 3 aromatic rings. The van der Waals surface area contributed by atoms with Crippen molar-refractivity contribution >= 4 is 29.1 Å². The van der Waals surface area contributed by atoms with Crippen LogP contribution in [-0.4, -0.2) is 16.8 Å². The molecule has 0 aliphatic carbocycles. The molecule has 5 nitrogen and oxygen atoms in total. The Labute approximate surface area is 166 Å². The van der Waals surface area contributed by atoms with Crippen LogP contribution >= 0.6 is 11.6 Å². The summed E-state index contributed by atoms with van der Waals surface area (Å²) in [5.74, 6) is -1.11. The molecule has 0 aliphatic heterocycles. The van der Waals surface area contributed by atoms with Crippen LogP contribution in [0.3, 0.4) is 0 Å². The Hall–Kier alpha value is -3.25. The molecule has 0 fully saturated rings. The predicted molar refractivity (Wildman–Crippen MR) is 106 cm³/mol. The highest BCUT2D eigenvalue weighted by Gasteiger charge is 2.12. The maximum atomic E-state index is 13.8. The van der Waals surface area contributed by atoms with Crippen molar-refractivity contribution in [2.45, 2.75) is 13.0 Å². The minimum absolute atomic E-state index is 0.149. The molecule has 0 bridgehead atoms. The molecular weight excluding hydrogens is 381 g/mol. The highest BCUT2D eigenvalue weighted by molar-refractivity contribution is 6.31. The van der Waals surface area contributed by atoms with Crippen LogP contribution in [0.2, 0.25) is 5.02 Å². The summed E-state index contributed by atoms with van der Waals surface area (Å²) in [6.45, 7) is 0.240. The molecule has 0 aliphatic rings. The monoisotopic (exact) mass is 397 g/mol. The van der Waals surface area contributed by atoms with Crippen LogP contribution in [0.25, 0.3) is 0 Å². The standard InChI is InChI=1S/C21H17ClFN3O2/c22-18-5-2-6-19(23)17(18)12-20(27)25-13-14-3-1-4-16(11-14)26-21(28)15-7-9-24-10-8-15/h1-11H,12-13H2,(H,25,27)(H,26,28). The quantitative estimate of drug-likeness (QED) is 0.660. The second kappa shape index (κ2) is 9.10. The van der Waals surface area contributed by atoms with E-state index in [0.717, 1.165) is 5.56 Å². The lowest BCUT2D eigenvalue weighted by atomic mass is 10.1. The van der Waals surface area contributed by atoms with E-state index in [-0.39, 0.29) is 35.4 Å².